The molecule has 0 saturated carbocycles. The minimum absolute atomic E-state index is 0.757. The summed E-state index contributed by atoms with van der Waals surface area (Å²) in [6.07, 6.45) is 1.85. The van der Waals surface area contributed by atoms with E-state index in [0.29, 0.717) is 0 Å². The summed E-state index contributed by atoms with van der Waals surface area (Å²) in [6, 6.07) is 18.3. The minimum atomic E-state index is 0.757. The molecule has 0 amide bonds. The van der Waals surface area contributed by atoms with Crippen LogP contribution in [0.5, 0.6) is 0 Å². The fourth-order valence-electron chi connectivity index (χ4n) is 1.61. The predicted molar refractivity (Wildman–Crippen MR) is 74.9 cm³/mol. The van der Waals surface area contributed by atoms with Crippen LogP contribution in [0.4, 0.5) is 17.1 Å². The number of anilines is 3. The Bertz CT molecular complexity index is 477. The topological polar surface area (TPSA) is 24.1 Å². The first kappa shape index (κ1) is 11.3. The van der Waals surface area contributed by atoms with Crippen molar-refractivity contribution in [1.29, 1.82) is 0 Å². The van der Waals surface area contributed by atoms with Gasteiger partial charge < -0.3 is 10.6 Å². The van der Waals surface area contributed by atoms with E-state index in [1.165, 1.54) is 0 Å². The molecule has 0 aliphatic carbocycles. The molecule has 2 rings (SSSR count). The molecule has 2 aromatic carbocycles. The van der Waals surface area contributed by atoms with Crippen LogP contribution in [-0.2, 0) is 0 Å². The van der Waals surface area contributed by atoms with E-state index in [9.17, 15) is 0 Å². The van der Waals surface area contributed by atoms with E-state index in [-0.39, 0.29) is 0 Å². The molecule has 0 fully saturated rings. The Morgan fingerprint density at radius 1 is 0.882 bits per heavy atom. The molecule has 0 radical (unpaired) electrons. The van der Waals surface area contributed by atoms with Crippen molar-refractivity contribution >= 4 is 17.1 Å². The maximum absolute atomic E-state index is 3.71. The first-order chi connectivity index (χ1) is 8.40. The summed E-state index contributed by atoms with van der Waals surface area (Å²) in [5, 5.41) is 6.69. The molecule has 0 aromatic heterocycles. The lowest BCUT2D eigenvalue weighted by molar-refractivity contribution is 1.34. The van der Waals surface area contributed by atoms with Gasteiger partial charge in [-0.15, -0.1) is 6.58 Å². The van der Waals surface area contributed by atoms with Crippen molar-refractivity contribution in [2.75, 3.05) is 17.2 Å². The molecule has 0 unspecified atom stereocenters. The second-order valence-electron chi connectivity index (χ2n) is 3.71. The summed E-state index contributed by atoms with van der Waals surface area (Å²) < 4.78 is 0. The molecule has 86 valence electrons. The molecule has 2 N–H and O–H groups in total. The van der Waals surface area contributed by atoms with Gasteiger partial charge in [-0.3, -0.25) is 0 Å². The second-order valence-corrected chi connectivity index (χ2v) is 3.71. The highest BCUT2D eigenvalue weighted by Crippen LogP contribution is 2.24. The standard InChI is InChI=1S/C15H16N2/c1-2-12-16-14-10-6-7-11-15(14)17-13-8-4-3-5-9-13/h2-11,16-17H,1,12H2. The van der Waals surface area contributed by atoms with Crippen molar-refractivity contribution in [3.63, 3.8) is 0 Å². The van der Waals surface area contributed by atoms with Crippen LogP contribution in [0.25, 0.3) is 0 Å². The second kappa shape index (κ2) is 5.75. The van der Waals surface area contributed by atoms with Crippen molar-refractivity contribution in [2.45, 2.75) is 0 Å². The number of rotatable bonds is 5. The zero-order chi connectivity index (χ0) is 11.9. The van der Waals surface area contributed by atoms with Crippen LogP contribution in [0.3, 0.4) is 0 Å². The average molecular weight is 224 g/mol. The maximum atomic E-state index is 3.71. The monoisotopic (exact) mass is 224 g/mol. The molecule has 0 atom stereocenters. The Labute approximate surface area is 102 Å². The molecular formula is C15H16N2. The lowest BCUT2D eigenvalue weighted by Gasteiger charge is -2.12. The van der Waals surface area contributed by atoms with Gasteiger partial charge in [0.25, 0.3) is 0 Å². The zero-order valence-electron chi connectivity index (χ0n) is 9.69. The van der Waals surface area contributed by atoms with Crippen LogP contribution in [0.2, 0.25) is 0 Å². The van der Waals surface area contributed by atoms with E-state index in [1.807, 2.05) is 48.5 Å². The van der Waals surface area contributed by atoms with E-state index in [1.54, 1.807) is 0 Å². The summed E-state index contributed by atoms with van der Waals surface area (Å²) in [5.74, 6) is 0. The van der Waals surface area contributed by atoms with Gasteiger partial charge in [0.05, 0.1) is 11.4 Å². The van der Waals surface area contributed by atoms with Gasteiger partial charge in [-0.1, -0.05) is 36.4 Å². The van der Waals surface area contributed by atoms with Gasteiger partial charge in [-0.05, 0) is 24.3 Å². The van der Waals surface area contributed by atoms with Crippen LogP contribution in [0.15, 0.2) is 67.3 Å². The molecule has 2 aromatic rings. The largest absolute Gasteiger partial charge is 0.380 e. The van der Waals surface area contributed by atoms with Gasteiger partial charge in [0.15, 0.2) is 0 Å². The number of para-hydroxylation sites is 3. The zero-order valence-corrected chi connectivity index (χ0v) is 9.69. The van der Waals surface area contributed by atoms with Crippen molar-refractivity contribution in [3.8, 4) is 0 Å². The SMILES string of the molecule is C=CCNc1ccccc1Nc1ccccc1. The van der Waals surface area contributed by atoms with Gasteiger partial charge in [-0.2, -0.15) is 0 Å². The van der Waals surface area contributed by atoms with Crippen molar-refractivity contribution in [2.24, 2.45) is 0 Å². The fourth-order valence-corrected chi connectivity index (χ4v) is 1.61. The predicted octanol–water partition coefficient (Wildman–Crippen LogP) is 4.03. The number of nitrogens with one attached hydrogen (secondary N) is 2. The lowest BCUT2D eigenvalue weighted by atomic mass is 10.2. The van der Waals surface area contributed by atoms with Crippen LogP contribution in [-0.4, -0.2) is 6.54 Å². The number of hydrogen-bond acceptors (Lipinski definition) is 2. The molecule has 0 bridgehead atoms. The van der Waals surface area contributed by atoms with Crippen molar-refractivity contribution in [3.05, 3.63) is 67.3 Å². The summed E-state index contributed by atoms with van der Waals surface area (Å²) in [6.45, 7) is 4.46. The van der Waals surface area contributed by atoms with Gasteiger partial charge in [0, 0.05) is 12.2 Å². The molecule has 0 heterocycles. The van der Waals surface area contributed by atoms with Crippen LogP contribution >= 0.6 is 0 Å². The van der Waals surface area contributed by atoms with Gasteiger partial charge in [0.1, 0.15) is 0 Å². The third-order valence-corrected chi connectivity index (χ3v) is 2.42. The fraction of sp³-hybridized carbons (Fsp3) is 0.0667. The molecule has 0 aliphatic heterocycles. The van der Waals surface area contributed by atoms with Crippen molar-refractivity contribution in [1.82, 2.24) is 0 Å². The Morgan fingerprint density at radius 2 is 1.53 bits per heavy atom. The summed E-state index contributed by atoms with van der Waals surface area (Å²) in [4.78, 5) is 0. The number of hydrogen-bond donors (Lipinski definition) is 2. The smallest absolute Gasteiger partial charge is 0.0620 e. The van der Waals surface area contributed by atoms with Crippen LogP contribution in [0.1, 0.15) is 0 Å². The normalized spacial score (nSPS) is 9.65. The van der Waals surface area contributed by atoms with E-state index >= 15 is 0 Å². The Balaban J connectivity index is 2.17. The minimum Gasteiger partial charge on any atom is -0.380 e. The molecule has 17 heavy (non-hydrogen) atoms. The molecule has 0 saturated heterocycles. The quantitative estimate of drug-likeness (QED) is 0.749. The molecule has 0 aliphatic rings. The highest BCUT2D eigenvalue weighted by Gasteiger charge is 1.99. The van der Waals surface area contributed by atoms with Gasteiger partial charge >= 0.3 is 0 Å². The third-order valence-electron chi connectivity index (χ3n) is 2.42. The maximum Gasteiger partial charge on any atom is 0.0620 e. The average Bonchev–Trinajstić information content (AvgIpc) is 2.39. The molecular weight excluding hydrogens is 208 g/mol. The first-order valence-corrected chi connectivity index (χ1v) is 5.66. The van der Waals surface area contributed by atoms with E-state index < -0.39 is 0 Å². The summed E-state index contributed by atoms with van der Waals surface area (Å²) in [7, 11) is 0. The molecule has 2 heteroatoms. The third kappa shape index (κ3) is 3.11. The first-order valence-electron chi connectivity index (χ1n) is 5.66. The highest BCUT2D eigenvalue weighted by atomic mass is 14.9. The molecule has 0 spiro atoms. The summed E-state index contributed by atoms with van der Waals surface area (Å²) >= 11 is 0. The van der Waals surface area contributed by atoms with Gasteiger partial charge in [0.2, 0.25) is 0 Å². The highest BCUT2D eigenvalue weighted by molar-refractivity contribution is 5.74. The Hall–Kier alpha value is -2.22. The van der Waals surface area contributed by atoms with E-state index in [4.69, 9.17) is 0 Å². The van der Waals surface area contributed by atoms with Crippen LogP contribution < -0.4 is 10.6 Å². The Morgan fingerprint density at radius 3 is 2.24 bits per heavy atom. The van der Waals surface area contributed by atoms with Gasteiger partial charge in [-0.25, -0.2) is 0 Å². The van der Waals surface area contributed by atoms with E-state index in [0.717, 1.165) is 23.6 Å². The molecule has 2 nitrogen and oxygen atoms in total. The van der Waals surface area contributed by atoms with Crippen molar-refractivity contribution < 1.29 is 0 Å². The lowest BCUT2D eigenvalue weighted by Crippen LogP contribution is -2.01. The van der Waals surface area contributed by atoms with E-state index in [2.05, 4.69) is 29.3 Å². The summed E-state index contributed by atoms with van der Waals surface area (Å²) in [5.41, 5.74) is 3.23. The van der Waals surface area contributed by atoms with Crippen LogP contribution in [0, 0.1) is 0 Å². The number of benzene rings is 2. The Kier molecular flexibility index (Phi) is 3.81.